The first-order valence-corrected chi connectivity index (χ1v) is 9.05. The molecule has 0 saturated carbocycles. The number of aromatic nitrogens is 2. The zero-order valence-electron chi connectivity index (χ0n) is 13.9. The molecule has 5 nitrogen and oxygen atoms in total. The van der Waals surface area contributed by atoms with Gasteiger partial charge in [0.25, 0.3) is 0 Å². The Morgan fingerprint density at radius 2 is 2.15 bits per heavy atom. The van der Waals surface area contributed by atoms with Gasteiger partial charge in [-0.3, -0.25) is 4.79 Å². The number of halogens is 1. The smallest absolute Gasteiger partial charge is 0.225 e. The third-order valence-corrected chi connectivity index (χ3v) is 5.38. The molecule has 0 aliphatic carbocycles. The fourth-order valence-corrected chi connectivity index (χ4v) is 3.76. The number of rotatable bonds is 3. The number of amides is 1. The maximum Gasteiger partial charge on any atom is 0.225 e. The Morgan fingerprint density at radius 3 is 2.96 bits per heavy atom. The fourth-order valence-electron chi connectivity index (χ4n) is 2.95. The molecule has 130 valence electrons. The fraction of sp³-hybridized carbons (Fsp3) is 0.278. The molecule has 1 fully saturated rings. The molecule has 1 atom stereocenters. The van der Waals surface area contributed by atoms with Crippen molar-refractivity contribution in [3.8, 4) is 10.4 Å². The van der Waals surface area contributed by atoms with Crippen LogP contribution >= 0.6 is 11.3 Å². The molecule has 0 spiro atoms. The summed E-state index contributed by atoms with van der Waals surface area (Å²) < 4.78 is 18.7. The zero-order chi connectivity index (χ0) is 18.1. The molecule has 1 N–H and O–H groups in total. The van der Waals surface area contributed by atoms with Crippen LogP contribution in [-0.2, 0) is 9.53 Å². The van der Waals surface area contributed by atoms with Crippen molar-refractivity contribution < 1.29 is 13.9 Å². The van der Waals surface area contributed by atoms with Crippen LogP contribution in [0.1, 0.15) is 12.8 Å². The molecule has 1 aromatic carbocycles. The van der Waals surface area contributed by atoms with Crippen molar-refractivity contribution in [2.45, 2.75) is 18.2 Å². The molecule has 2 radical (unpaired) electrons. The van der Waals surface area contributed by atoms with E-state index in [9.17, 15) is 9.18 Å². The molecular weight excluding hydrogens is 352 g/mol. The van der Waals surface area contributed by atoms with E-state index in [1.54, 1.807) is 6.20 Å². The lowest BCUT2D eigenvalue weighted by Crippen LogP contribution is -2.37. The van der Waals surface area contributed by atoms with Gasteiger partial charge in [0.1, 0.15) is 0 Å². The second-order valence-corrected chi connectivity index (χ2v) is 7.40. The number of thiazole rings is 1. The van der Waals surface area contributed by atoms with Crippen LogP contribution in [0, 0.1) is 5.95 Å². The van der Waals surface area contributed by atoms with Crippen LogP contribution in [0.5, 0.6) is 0 Å². The quantitative estimate of drug-likeness (QED) is 0.568. The van der Waals surface area contributed by atoms with Crippen molar-refractivity contribution in [3.05, 3.63) is 42.6 Å². The SMILES string of the molecule is [B]C1(C(=O)Nc2ncc(-c3ccc4cnc(F)cc4c3)s2)CCCOC1. The summed E-state index contributed by atoms with van der Waals surface area (Å²) in [5, 5.41) is 3.85. The van der Waals surface area contributed by atoms with Gasteiger partial charge in [0.2, 0.25) is 11.9 Å². The molecule has 1 aliphatic rings. The summed E-state index contributed by atoms with van der Waals surface area (Å²) in [5.74, 6) is -0.806. The minimum Gasteiger partial charge on any atom is -0.381 e. The highest BCUT2D eigenvalue weighted by atomic mass is 32.1. The highest BCUT2D eigenvalue weighted by Crippen LogP contribution is 2.36. The Hall–Kier alpha value is -2.32. The number of hydrogen-bond donors (Lipinski definition) is 1. The number of anilines is 1. The lowest BCUT2D eigenvalue weighted by atomic mass is 9.65. The summed E-state index contributed by atoms with van der Waals surface area (Å²) in [6.45, 7) is 0.840. The summed E-state index contributed by atoms with van der Waals surface area (Å²) in [7, 11) is 6.14. The Morgan fingerprint density at radius 1 is 1.27 bits per heavy atom. The molecule has 8 heteroatoms. The van der Waals surface area contributed by atoms with Crippen LogP contribution in [0.2, 0.25) is 5.31 Å². The lowest BCUT2D eigenvalue weighted by Gasteiger charge is -2.31. The van der Waals surface area contributed by atoms with E-state index in [1.165, 1.54) is 23.6 Å². The standard InChI is InChI=1S/C18H15BFN3O2S/c19-18(4-1-5-25-10-18)16(24)23-17-22-9-14(26-17)11-2-3-12-8-21-15(20)7-13(12)6-11/h2-3,6-9H,1,4-5,10H2,(H,22,23,24). The third-order valence-electron chi connectivity index (χ3n) is 4.42. The number of nitrogens with one attached hydrogen (secondary N) is 1. The van der Waals surface area contributed by atoms with E-state index in [4.69, 9.17) is 12.6 Å². The van der Waals surface area contributed by atoms with E-state index >= 15 is 0 Å². The average Bonchev–Trinajstić information content (AvgIpc) is 3.10. The van der Waals surface area contributed by atoms with E-state index in [1.807, 2.05) is 18.2 Å². The van der Waals surface area contributed by atoms with E-state index in [2.05, 4.69) is 15.3 Å². The molecule has 4 rings (SSSR count). The van der Waals surface area contributed by atoms with Crippen LogP contribution < -0.4 is 5.32 Å². The second kappa shape index (κ2) is 6.77. The number of carbonyl (C=O) groups excluding carboxylic acids is 1. The van der Waals surface area contributed by atoms with Crippen molar-refractivity contribution >= 4 is 41.0 Å². The molecule has 1 unspecified atom stereocenters. The monoisotopic (exact) mass is 367 g/mol. The van der Waals surface area contributed by atoms with Crippen LogP contribution in [0.4, 0.5) is 9.52 Å². The van der Waals surface area contributed by atoms with Gasteiger partial charge in [0.15, 0.2) is 5.13 Å². The third kappa shape index (κ3) is 3.34. The van der Waals surface area contributed by atoms with Gasteiger partial charge in [-0.25, -0.2) is 9.97 Å². The normalized spacial score (nSPS) is 20.2. The molecule has 2 aromatic heterocycles. The van der Waals surface area contributed by atoms with E-state index < -0.39 is 11.3 Å². The van der Waals surface area contributed by atoms with Crippen LogP contribution in [-0.4, -0.2) is 36.9 Å². The molecule has 1 amide bonds. The van der Waals surface area contributed by atoms with Gasteiger partial charge in [-0.15, -0.1) is 0 Å². The summed E-state index contributed by atoms with van der Waals surface area (Å²) >= 11 is 1.34. The van der Waals surface area contributed by atoms with Gasteiger partial charge in [-0.05, 0) is 29.9 Å². The Labute approximate surface area is 155 Å². The molecule has 3 aromatic rings. The molecule has 1 saturated heterocycles. The summed E-state index contributed by atoms with van der Waals surface area (Å²) in [6, 6.07) is 7.06. The van der Waals surface area contributed by atoms with Crippen molar-refractivity contribution in [1.29, 1.82) is 0 Å². The van der Waals surface area contributed by atoms with Crippen molar-refractivity contribution in [3.63, 3.8) is 0 Å². The Kier molecular flexibility index (Phi) is 4.46. The Bertz CT molecular complexity index is 972. The first kappa shape index (κ1) is 17.1. The maximum absolute atomic E-state index is 13.3. The molecule has 0 bridgehead atoms. The van der Waals surface area contributed by atoms with E-state index in [0.717, 1.165) is 27.6 Å². The number of carbonyl (C=O) groups is 1. The number of fused-ring (bicyclic) bond motifs is 1. The van der Waals surface area contributed by atoms with Crippen molar-refractivity contribution in [2.24, 2.45) is 0 Å². The highest BCUT2D eigenvalue weighted by molar-refractivity contribution is 7.19. The first-order valence-electron chi connectivity index (χ1n) is 8.23. The summed E-state index contributed by atoms with van der Waals surface area (Å²) in [5.41, 5.74) is 0.893. The van der Waals surface area contributed by atoms with Crippen LogP contribution in [0.25, 0.3) is 21.2 Å². The van der Waals surface area contributed by atoms with Gasteiger partial charge < -0.3 is 10.1 Å². The lowest BCUT2D eigenvalue weighted by molar-refractivity contribution is -0.122. The Balaban J connectivity index is 1.55. The predicted molar refractivity (Wildman–Crippen MR) is 99.9 cm³/mol. The van der Waals surface area contributed by atoms with E-state index in [-0.39, 0.29) is 12.5 Å². The number of nitrogens with zero attached hydrogens (tertiary/aromatic N) is 2. The average molecular weight is 367 g/mol. The predicted octanol–water partition coefficient (Wildman–Crippen LogP) is 3.57. The number of hydrogen-bond acceptors (Lipinski definition) is 5. The number of benzene rings is 1. The maximum atomic E-state index is 13.3. The van der Waals surface area contributed by atoms with Crippen LogP contribution in [0.15, 0.2) is 36.7 Å². The van der Waals surface area contributed by atoms with Crippen molar-refractivity contribution in [1.82, 2.24) is 9.97 Å². The van der Waals surface area contributed by atoms with Crippen molar-refractivity contribution in [2.75, 3.05) is 18.5 Å². The number of ether oxygens (including phenoxy) is 1. The van der Waals surface area contributed by atoms with Gasteiger partial charge >= 0.3 is 0 Å². The largest absolute Gasteiger partial charge is 0.381 e. The zero-order valence-corrected chi connectivity index (χ0v) is 14.7. The molecule has 3 heterocycles. The summed E-state index contributed by atoms with van der Waals surface area (Å²) in [6.07, 6.45) is 4.52. The first-order chi connectivity index (χ1) is 12.5. The van der Waals surface area contributed by atoms with Gasteiger partial charge in [-0.1, -0.05) is 23.5 Å². The second-order valence-electron chi connectivity index (χ2n) is 6.37. The topological polar surface area (TPSA) is 64.1 Å². The highest BCUT2D eigenvalue weighted by Gasteiger charge is 2.35. The number of pyridine rings is 1. The van der Waals surface area contributed by atoms with Gasteiger partial charge in [0.05, 0.1) is 19.3 Å². The molecular formula is C18H15BFN3O2S. The minimum absolute atomic E-state index is 0.210. The molecule has 1 aliphatic heterocycles. The van der Waals surface area contributed by atoms with Crippen LogP contribution in [0.3, 0.4) is 0 Å². The molecule has 26 heavy (non-hydrogen) atoms. The van der Waals surface area contributed by atoms with Gasteiger partial charge in [0, 0.05) is 35.8 Å². The minimum atomic E-state index is -1.02. The van der Waals surface area contributed by atoms with E-state index in [0.29, 0.717) is 18.2 Å². The van der Waals surface area contributed by atoms with Gasteiger partial charge in [-0.2, -0.15) is 4.39 Å². The summed E-state index contributed by atoms with van der Waals surface area (Å²) in [4.78, 5) is 21.2.